The number of rotatable bonds is 0. The topological polar surface area (TPSA) is 72.8 Å². The Balaban J connectivity index is 1.78. The summed E-state index contributed by atoms with van der Waals surface area (Å²) in [6, 6.07) is 0. The van der Waals surface area contributed by atoms with E-state index in [9.17, 15) is 14.7 Å². The number of aliphatic hydroxyl groups is 1. The van der Waals surface area contributed by atoms with Gasteiger partial charge in [-0.1, -0.05) is 39.3 Å². The van der Waals surface area contributed by atoms with Gasteiger partial charge in [-0.25, -0.2) is 4.79 Å². The molecule has 1 N–H and O–H groups in total. The lowest BCUT2D eigenvalue weighted by Crippen LogP contribution is -2.59. The van der Waals surface area contributed by atoms with Crippen LogP contribution < -0.4 is 0 Å². The third kappa shape index (κ3) is 1.55. The van der Waals surface area contributed by atoms with E-state index in [4.69, 9.17) is 9.47 Å². The van der Waals surface area contributed by atoms with Gasteiger partial charge in [-0.3, -0.25) is 4.79 Å². The van der Waals surface area contributed by atoms with Gasteiger partial charge in [0, 0.05) is 18.3 Å². The van der Waals surface area contributed by atoms with E-state index in [1.54, 1.807) is 0 Å². The van der Waals surface area contributed by atoms with Crippen molar-refractivity contribution in [3.05, 3.63) is 11.6 Å². The van der Waals surface area contributed by atoms with Crippen molar-refractivity contribution in [1.82, 2.24) is 0 Å². The fourth-order valence-corrected chi connectivity index (χ4v) is 7.45. The normalized spacial score (nSPS) is 56.2. The maximum atomic E-state index is 14.1. The molecule has 26 heavy (non-hydrogen) atoms. The Morgan fingerprint density at radius 2 is 1.92 bits per heavy atom. The highest BCUT2D eigenvalue weighted by Gasteiger charge is 2.79. The average Bonchev–Trinajstić information content (AvgIpc) is 2.85. The molecule has 4 aliphatic carbocycles. The van der Waals surface area contributed by atoms with Gasteiger partial charge in [-0.15, -0.1) is 0 Å². The van der Waals surface area contributed by atoms with Gasteiger partial charge in [0.25, 0.3) is 0 Å². The molecule has 0 unspecified atom stereocenters. The molecule has 0 amide bonds. The van der Waals surface area contributed by atoms with Gasteiger partial charge in [0.1, 0.15) is 0 Å². The van der Waals surface area contributed by atoms with Crippen molar-refractivity contribution >= 4 is 11.9 Å². The number of aliphatic hydroxyl groups excluding tert-OH is 1. The van der Waals surface area contributed by atoms with Crippen LogP contribution in [0.25, 0.3) is 0 Å². The molecule has 0 aromatic rings. The molecule has 1 aliphatic heterocycles. The summed E-state index contributed by atoms with van der Waals surface area (Å²) in [4.78, 5) is 26.3. The van der Waals surface area contributed by atoms with E-state index < -0.39 is 35.3 Å². The first-order valence-electron chi connectivity index (χ1n) is 9.88. The third-order valence-corrected chi connectivity index (χ3v) is 8.67. The first kappa shape index (κ1) is 16.8. The molecular weight excluding hydrogens is 332 g/mol. The zero-order chi connectivity index (χ0) is 18.8. The van der Waals surface area contributed by atoms with Gasteiger partial charge in [-0.05, 0) is 36.5 Å². The van der Waals surface area contributed by atoms with E-state index in [2.05, 4.69) is 26.8 Å². The summed E-state index contributed by atoms with van der Waals surface area (Å²) in [5, 5.41) is 11.2. The predicted octanol–water partition coefficient (Wildman–Crippen LogP) is 3.10. The Morgan fingerprint density at radius 1 is 1.23 bits per heavy atom. The molecule has 0 radical (unpaired) electrons. The van der Waals surface area contributed by atoms with E-state index in [0.717, 1.165) is 12.0 Å². The summed E-state index contributed by atoms with van der Waals surface area (Å²) in [6.07, 6.45) is 1.39. The van der Waals surface area contributed by atoms with Crippen LogP contribution >= 0.6 is 0 Å². The molecule has 1 heterocycles. The van der Waals surface area contributed by atoms with E-state index >= 15 is 0 Å². The zero-order valence-corrected chi connectivity index (χ0v) is 16.1. The van der Waals surface area contributed by atoms with Crippen molar-refractivity contribution in [2.45, 2.75) is 65.3 Å². The molecule has 0 aromatic heterocycles. The first-order valence-corrected chi connectivity index (χ1v) is 9.88. The smallest absolute Gasteiger partial charge is 0.426 e. The largest absolute Gasteiger partial charge is 0.509 e. The Bertz CT molecular complexity index is 754. The number of carbonyl (C=O) groups is 2. The van der Waals surface area contributed by atoms with E-state index in [0.29, 0.717) is 12.3 Å². The fraction of sp³-hybridized carbons (Fsp3) is 0.810. The summed E-state index contributed by atoms with van der Waals surface area (Å²) in [5.41, 5.74) is -0.738. The van der Waals surface area contributed by atoms with Crippen LogP contribution in [-0.4, -0.2) is 34.9 Å². The summed E-state index contributed by atoms with van der Waals surface area (Å²) >= 11 is 0. The Hall–Kier alpha value is -1.36. The summed E-state index contributed by atoms with van der Waals surface area (Å²) in [7, 11) is 0. The second-order valence-electron chi connectivity index (χ2n) is 10.1. The number of ether oxygens (including phenoxy) is 2. The van der Waals surface area contributed by atoms with Crippen molar-refractivity contribution in [2.24, 2.45) is 40.4 Å². The fourth-order valence-electron chi connectivity index (χ4n) is 7.45. The second kappa shape index (κ2) is 4.54. The molecule has 3 saturated carbocycles. The maximum absolute atomic E-state index is 14.1. The minimum atomic E-state index is -0.999. The molecular formula is C21H28O5. The van der Waals surface area contributed by atoms with Crippen molar-refractivity contribution in [3.8, 4) is 0 Å². The van der Waals surface area contributed by atoms with Crippen molar-refractivity contribution in [1.29, 1.82) is 0 Å². The molecule has 2 spiro atoms. The summed E-state index contributed by atoms with van der Waals surface area (Å²) in [5.74, 6) is -0.0223. The standard InChI is InChI=1S/C21H28O5/c1-9-7-20-10(2)6-12-14(19(12,4)5)13(16(20)23)15(22)11(3)17-21(20,8-9)26-18(24)25-17/h7,10-15,17,22H,6,8H2,1-5H3/t10-,11+,12-,13-,14-,15-,17-,20+,21-/m1/s1. The summed E-state index contributed by atoms with van der Waals surface area (Å²) < 4.78 is 11.5. The lowest BCUT2D eigenvalue weighted by molar-refractivity contribution is -0.149. The summed E-state index contributed by atoms with van der Waals surface area (Å²) in [6.45, 7) is 10.5. The van der Waals surface area contributed by atoms with Crippen LogP contribution in [0, 0.1) is 40.4 Å². The number of carbonyl (C=O) groups excluding carboxylic acids is 2. The monoisotopic (exact) mass is 360 g/mol. The van der Waals surface area contributed by atoms with E-state index in [-0.39, 0.29) is 29.0 Å². The molecule has 1 saturated heterocycles. The van der Waals surface area contributed by atoms with Gasteiger partial charge in [0.15, 0.2) is 17.5 Å². The van der Waals surface area contributed by atoms with Crippen molar-refractivity contribution in [2.75, 3.05) is 0 Å². The van der Waals surface area contributed by atoms with Crippen LogP contribution in [0.5, 0.6) is 0 Å². The zero-order valence-electron chi connectivity index (χ0n) is 16.1. The SMILES string of the molecule is CC1=C[C@]23C(=O)[C@@H]([C@H](O)[C@H](C)[C@H]4OC(=O)O[C@]42C1)[C@H]1[C@@H](C[C@H]3C)C1(C)C. The third-order valence-electron chi connectivity index (χ3n) is 8.67. The molecule has 5 aliphatic rings. The molecule has 5 rings (SSSR count). The van der Waals surface area contributed by atoms with Gasteiger partial charge < -0.3 is 14.6 Å². The van der Waals surface area contributed by atoms with Crippen molar-refractivity contribution < 1.29 is 24.2 Å². The lowest BCUT2D eigenvalue weighted by atomic mass is 9.59. The van der Waals surface area contributed by atoms with Gasteiger partial charge >= 0.3 is 6.16 Å². The number of hydrogen-bond acceptors (Lipinski definition) is 5. The number of hydrogen-bond donors (Lipinski definition) is 1. The Morgan fingerprint density at radius 3 is 2.62 bits per heavy atom. The molecule has 4 fully saturated rings. The minimum absolute atomic E-state index is 0.0428. The molecule has 5 nitrogen and oxygen atoms in total. The average molecular weight is 360 g/mol. The Labute approximate surface area is 154 Å². The highest BCUT2D eigenvalue weighted by atomic mass is 16.8. The lowest BCUT2D eigenvalue weighted by Gasteiger charge is -2.45. The van der Waals surface area contributed by atoms with Crippen LogP contribution in [0.3, 0.4) is 0 Å². The van der Waals surface area contributed by atoms with Gasteiger partial charge in [0.2, 0.25) is 0 Å². The molecule has 2 bridgehead atoms. The predicted molar refractivity (Wildman–Crippen MR) is 93.1 cm³/mol. The van der Waals surface area contributed by atoms with E-state index in [1.807, 2.05) is 13.8 Å². The second-order valence-corrected chi connectivity index (χ2v) is 10.1. The molecule has 9 atom stereocenters. The van der Waals surface area contributed by atoms with Crippen LogP contribution in [0.1, 0.15) is 47.5 Å². The Kier molecular flexibility index (Phi) is 2.93. The van der Waals surface area contributed by atoms with E-state index in [1.165, 1.54) is 0 Å². The number of ketones is 1. The van der Waals surface area contributed by atoms with Crippen LogP contribution in [0.15, 0.2) is 11.6 Å². The highest BCUT2D eigenvalue weighted by Crippen LogP contribution is 2.73. The minimum Gasteiger partial charge on any atom is -0.426 e. The van der Waals surface area contributed by atoms with Crippen LogP contribution in [0.4, 0.5) is 4.79 Å². The van der Waals surface area contributed by atoms with Gasteiger partial charge in [-0.2, -0.15) is 0 Å². The quantitative estimate of drug-likeness (QED) is 0.531. The maximum Gasteiger partial charge on any atom is 0.509 e. The molecule has 142 valence electrons. The molecule has 5 heteroatoms. The van der Waals surface area contributed by atoms with Crippen LogP contribution in [0.2, 0.25) is 0 Å². The number of fused-ring (bicyclic) bond motifs is 3. The molecule has 0 aromatic carbocycles. The van der Waals surface area contributed by atoms with Crippen LogP contribution in [-0.2, 0) is 14.3 Å². The number of Topliss-reactive ketones (excluding diaryl/α,β-unsaturated/α-hetero) is 1. The highest BCUT2D eigenvalue weighted by molar-refractivity contribution is 5.94. The van der Waals surface area contributed by atoms with Crippen molar-refractivity contribution in [3.63, 3.8) is 0 Å². The van der Waals surface area contributed by atoms with Gasteiger partial charge in [0.05, 0.1) is 11.5 Å². The first-order chi connectivity index (χ1) is 12.1.